The van der Waals surface area contributed by atoms with Crippen molar-refractivity contribution in [1.29, 1.82) is 0 Å². The first kappa shape index (κ1) is 13.6. The number of hydrogen-bond acceptors (Lipinski definition) is 2. The molecule has 0 bridgehead atoms. The second-order valence-corrected chi connectivity index (χ2v) is 5.32. The third-order valence-electron chi connectivity index (χ3n) is 3.54. The maximum atomic E-state index is 12.1. The number of halogens is 1. The van der Waals surface area contributed by atoms with Crippen molar-refractivity contribution in [3.63, 3.8) is 0 Å². The van der Waals surface area contributed by atoms with Crippen molar-refractivity contribution in [1.82, 2.24) is 0 Å². The van der Waals surface area contributed by atoms with Crippen LogP contribution < -0.4 is 4.90 Å². The summed E-state index contributed by atoms with van der Waals surface area (Å²) in [5.41, 5.74) is 2.85. The van der Waals surface area contributed by atoms with E-state index in [-0.39, 0.29) is 12.5 Å². The third-order valence-corrected chi connectivity index (χ3v) is 3.77. The summed E-state index contributed by atoms with van der Waals surface area (Å²) in [7, 11) is 1.69. The zero-order chi connectivity index (χ0) is 15.0. The first-order chi connectivity index (χ1) is 10.1. The van der Waals surface area contributed by atoms with Crippen molar-refractivity contribution in [3.05, 3.63) is 64.7 Å². The molecule has 0 unspecified atom stereocenters. The van der Waals surface area contributed by atoms with Crippen LogP contribution in [0.15, 0.2) is 48.5 Å². The molecule has 3 rings (SSSR count). The van der Waals surface area contributed by atoms with Crippen molar-refractivity contribution in [2.24, 2.45) is 0 Å². The summed E-state index contributed by atoms with van der Waals surface area (Å²) in [4.78, 5) is 13.7. The quantitative estimate of drug-likeness (QED) is 0.650. The molecule has 4 nitrogen and oxygen atoms in total. The van der Waals surface area contributed by atoms with Gasteiger partial charge in [0.1, 0.15) is 0 Å². The number of nitrogens with zero attached hydrogens (tertiary/aromatic N) is 2. The van der Waals surface area contributed by atoms with Crippen molar-refractivity contribution in [3.8, 4) is 0 Å². The van der Waals surface area contributed by atoms with E-state index >= 15 is 0 Å². The molecule has 0 aromatic heterocycles. The van der Waals surface area contributed by atoms with E-state index in [0.29, 0.717) is 10.7 Å². The lowest BCUT2D eigenvalue weighted by Crippen LogP contribution is -2.32. The Kier molecular flexibility index (Phi) is 3.39. The number of carbonyl (C=O) groups excluding carboxylic acids is 1. The Morgan fingerprint density at radius 3 is 2.62 bits per heavy atom. The molecule has 1 aliphatic heterocycles. The summed E-state index contributed by atoms with van der Waals surface area (Å²) >= 11 is 6.10. The second-order valence-electron chi connectivity index (χ2n) is 4.89. The number of anilines is 1. The molecule has 0 saturated heterocycles. The van der Waals surface area contributed by atoms with E-state index in [1.807, 2.05) is 30.3 Å². The van der Waals surface area contributed by atoms with E-state index in [1.165, 1.54) is 4.90 Å². The van der Waals surface area contributed by atoms with Crippen LogP contribution in [-0.2, 0) is 4.79 Å². The molecule has 1 N–H and O–H groups in total. The number of benzene rings is 2. The smallest absolute Gasteiger partial charge is 0.297 e. The minimum Gasteiger partial charge on any atom is -0.309 e. The van der Waals surface area contributed by atoms with Crippen molar-refractivity contribution in [2.45, 2.75) is 0 Å². The van der Waals surface area contributed by atoms with E-state index in [2.05, 4.69) is 0 Å². The summed E-state index contributed by atoms with van der Waals surface area (Å²) in [6, 6.07) is 14.7. The summed E-state index contributed by atoms with van der Waals surface area (Å²) < 4.78 is 0.982. The first-order valence-electron chi connectivity index (χ1n) is 6.53. The van der Waals surface area contributed by atoms with Crippen LogP contribution in [0, 0.1) is 0 Å². The predicted molar refractivity (Wildman–Crippen MR) is 81.4 cm³/mol. The molecule has 2 aromatic rings. The minimum absolute atomic E-state index is 0.104. The highest BCUT2D eigenvalue weighted by molar-refractivity contribution is 6.31. The Balaban J connectivity index is 2.31. The van der Waals surface area contributed by atoms with Crippen LogP contribution in [0.5, 0.6) is 0 Å². The summed E-state index contributed by atoms with van der Waals surface area (Å²) in [6.07, 6.45) is 0. The molecule has 0 radical (unpaired) electrons. The van der Waals surface area contributed by atoms with Gasteiger partial charge in [-0.1, -0.05) is 29.8 Å². The van der Waals surface area contributed by atoms with Gasteiger partial charge in [-0.15, -0.1) is 0 Å². The van der Waals surface area contributed by atoms with Crippen LogP contribution >= 0.6 is 11.6 Å². The summed E-state index contributed by atoms with van der Waals surface area (Å²) in [5.74, 6) is -0.188. The van der Waals surface area contributed by atoms with Crippen molar-refractivity contribution >= 4 is 28.9 Å². The molecule has 5 heteroatoms. The van der Waals surface area contributed by atoms with Crippen LogP contribution in [-0.4, -0.2) is 35.2 Å². The topological polar surface area (TPSA) is 43.5 Å². The van der Waals surface area contributed by atoms with Gasteiger partial charge in [0.2, 0.25) is 0 Å². The van der Waals surface area contributed by atoms with Gasteiger partial charge in [-0.05, 0) is 35.1 Å². The van der Waals surface area contributed by atoms with Crippen molar-refractivity contribution in [2.75, 3.05) is 18.5 Å². The highest BCUT2D eigenvalue weighted by atomic mass is 35.5. The first-order valence-corrected chi connectivity index (χ1v) is 6.91. The highest BCUT2D eigenvalue weighted by Crippen LogP contribution is 2.28. The molecule has 106 valence electrons. The molecule has 2 aromatic carbocycles. The van der Waals surface area contributed by atoms with Gasteiger partial charge in [0.05, 0.1) is 16.8 Å². The molecule has 1 amide bonds. The predicted octanol–water partition coefficient (Wildman–Crippen LogP) is 2.56. The number of amides is 1. The zero-order valence-electron chi connectivity index (χ0n) is 11.5. The van der Waals surface area contributed by atoms with Gasteiger partial charge in [-0.25, -0.2) is 0 Å². The number of fused-ring (bicyclic) bond motifs is 1. The largest absolute Gasteiger partial charge is 0.309 e. The van der Waals surface area contributed by atoms with Crippen LogP contribution in [0.1, 0.15) is 11.1 Å². The molecular formula is C16H14ClN2O2+. The molecule has 0 aliphatic carbocycles. The van der Waals surface area contributed by atoms with Crippen LogP contribution in [0.3, 0.4) is 0 Å². The van der Waals surface area contributed by atoms with Gasteiger partial charge >= 0.3 is 0 Å². The number of hydroxylamine groups is 1. The molecular weight excluding hydrogens is 294 g/mol. The molecule has 21 heavy (non-hydrogen) atoms. The lowest BCUT2D eigenvalue weighted by Gasteiger charge is -2.15. The lowest BCUT2D eigenvalue weighted by molar-refractivity contribution is -0.765. The van der Waals surface area contributed by atoms with Gasteiger partial charge in [0.15, 0.2) is 0 Å². The SMILES string of the molecule is CN1C(=O)C[N+](O)=C(c2ccccc2)[13c]2[13cH][13c](Cl)[13cH][13cH][13c]21. The average molecular weight is 308 g/mol. The molecule has 0 fully saturated rings. The Morgan fingerprint density at radius 1 is 1.19 bits per heavy atom. The van der Waals surface area contributed by atoms with Gasteiger partial charge in [-0.2, -0.15) is 0 Å². The minimum atomic E-state index is -0.188. The standard InChI is InChI=1S/C16H14ClN2O2/c1-18-14-8-7-12(17)9-13(14)16(19(21)10-15(18)20)11-5-3-2-4-6-11/h2-9,21H,10H2,1H3/q+1/i7+1,8+1,9+1,12+1,13+1,14+1. The Bertz CT molecular complexity index is 741. The van der Waals surface area contributed by atoms with E-state index in [9.17, 15) is 10.0 Å². The lowest BCUT2D eigenvalue weighted by atomic mass is 10.2. The van der Waals surface area contributed by atoms with Gasteiger partial charge < -0.3 is 4.90 Å². The van der Waals surface area contributed by atoms with Crippen LogP contribution in [0.2, 0.25) is 5.02 Å². The number of rotatable bonds is 1. The molecule has 0 saturated carbocycles. The Morgan fingerprint density at radius 2 is 1.90 bits per heavy atom. The second kappa shape index (κ2) is 5.22. The van der Waals surface area contributed by atoms with Gasteiger partial charge in [0, 0.05) is 12.1 Å². The summed E-state index contributed by atoms with van der Waals surface area (Å²) in [5, 5.41) is 10.9. The number of carbonyl (C=O) groups is 1. The highest BCUT2D eigenvalue weighted by Gasteiger charge is 2.32. The van der Waals surface area contributed by atoms with Crippen LogP contribution in [0.4, 0.5) is 5.69 Å². The number of likely N-dealkylation sites (N-methyl/N-ethyl adjacent to an activating group) is 1. The monoisotopic (exact) mass is 307 g/mol. The van der Waals surface area contributed by atoms with Crippen LogP contribution in [0.25, 0.3) is 0 Å². The fourth-order valence-electron chi connectivity index (χ4n) is 2.48. The van der Waals surface area contributed by atoms with E-state index in [1.54, 1.807) is 25.2 Å². The number of benzodiazepines with no additional fused rings is 1. The fraction of sp³-hybridized carbons (Fsp3) is 0.125. The average Bonchev–Trinajstić information content (AvgIpc) is 2.56. The third kappa shape index (κ3) is 2.38. The molecule has 1 heterocycles. The number of hydrogen-bond donors (Lipinski definition) is 1. The van der Waals surface area contributed by atoms with Crippen molar-refractivity contribution < 1.29 is 14.7 Å². The Hall–Kier alpha value is -2.33. The maximum Gasteiger partial charge on any atom is 0.297 e. The van der Waals surface area contributed by atoms with E-state index in [0.717, 1.165) is 21.6 Å². The molecule has 0 atom stereocenters. The van der Waals surface area contributed by atoms with E-state index in [4.69, 9.17) is 11.6 Å². The summed E-state index contributed by atoms with van der Waals surface area (Å²) in [6.45, 7) is -0.104. The normalized spacial score (nSPS) is 15.0. The maximum absolute atomic E-state index is 12.1. The van der Waals surface area contributed by atoms with Gasteiger partial charge in [0.25, 0.3) is 18.2 Å². The molecule has 1 aliphatic rings. The fourth-order valence-corrected chi connectivity index (χ4v) is 2.65. The van der Waals surface area contributed by atoms with E-state index < -0.39 is 0 Å². The molecule has 0 spiro atoms. The van der Waals surface area contributed by atoms with Gasteiger partial charge in [-0.3, -0.25) is 10.0 Å². The zero-order valence-corrected chi connectivity index (χ0v) is 12.2. The Labute approximate surface area is 127 Å².